The van der Waals surface area contributed by atoms with Gasteiger partial charge in [0.1, 0.15) is 6.61 Å². The molecule has 1 atom stereocenters. The van der Waals surface area contributed by atoms with Gasteiger partial charge in [-0.2, -0.15) is 0 Å². The predicted molar refractivity (Wildman–Crippen MR) is 45.5 cm³/mol. The van der Waals surface area contributed by atoms with Gasteiger partial charge in [0, 0.05) is 25.2 Å². The predicted octanol–water partition coefficient (Wildman–Crippen LogP) is 0.0718. The number of hydrogen-bond donors (Lipinski definition) is 1. The molecule has 3 heterocycles. The molecule has 0 spiro atoms. The molecule has 1 saturated heterocycles. The van der Waals surface area contributed by atoms with Gasteiger partial charge in [0.05, 0.1) is 6.04 Å². The average molecular weight is 164 g/mol. The van der Waals surface area contributed by atoms with E-state index in [1.807, 2.05) is 0 Å². The van der Waals surface area contributed by atoms with Crippen molar-refractivity contribution in [3.63, 3.8) is 0 Å². The first kappa shape index (κ1) is 6.54. The van der Waals surface area contributed by atoms with Crippen molar-refractivity contribution in [3.05, 3.63) is 23.6 Å². The Bertz CT molecular complexity index is 270. The standard InChI is InChI=1S/C9H12N2O/c1-2-7-8-6-10-3-4-11(8)9(7)12-5-1/h1-2,8,10H,3-6H2. The second-order valence-corrected chi connectivity index (χ2v) is 3.39. The summed E-state index contributed by atoms with van der Waals surface area (Å²) in [6.07, 6.45) is 4.29. The maximum absolute atomic E-state index is 5.54. The third-order valence-electron chi connectivity index (χ3n) is 2.72. The summed E-state index contributed by atoms with van der Waals surface area (Å²) in [5.74, 6) is 1.13. The molecule has 0 aromatic heterocycles. The highest BCUT2D eigenvalue weighted by atomic mass is 16.5. The molecule has 0 aliphatic carbocycles. The van der Waals surface area contributed by atoms with Crippen LogP contribution in [-0.4, -0.2) is 37.2 Å². The molecule has 3 aliphatic rings. The molecule has 3 aliphatic heterocycles. The molecule has 64 valence electrons. The van der Waals surface area contributed by atoms with Gasteiger partial charge < -0.3 is 15.0 Å². The third kappa shape index (κ3) is 0.693. The lowest BCUT2D eigenvalue weighted by Gasteiger charge is -2.48. The summed E-state index contributed by atoms with van der Waals surface area (Å²) in [5.41, 5.74) is 1.38. The number of hydrogen-bond acceptors (Lipinski definition) is 3. The maximum Gasteiger partial charge on any atom is 0.195 e. The summed E-state index contributed by atoms with van der Waals surface area (Å²) in [6.45, 7) is 4.00. The monoisotopic (exact) mass is 164 g/mol. The summed E-state index contributed by atoms with van der Waals surface area (Å²) in [7, 11) is 0. The van der Waals surface area contributed by atoms with E-state index in [4.69, 9.17) is 4.74 Å². The Hall–Kier alpha value is -0.960. The molecule has 0 bridgehead atoms. The second kappa shape index (κ2) is 2.26. The van der Waals surface area contributed by atoms with Crippen LogP contribution in [0.4, 0.5) is 0 Å². The first-order valence-electron chi connectivity index (χ1n) is 4.48. The third-order valence-corrected chi connectivity index (χ3v) is 2.72. The van der Waals surface area contributed by atoms with Crippen LogP contribution in [0.2, 0.25) is 0 Å². The molecule has 0 radical (unpaired) electrons. The minimum Gasteiger partial charge on any atom is -0.475 e. The van der Waals surface area contributed by atoms with Crippen molar-refractivity contribution in [1.29, 1.82) is 0 Å². The molecule has 1 unspecified atom stereocenters. The average Bonchev–Trinajstić information content (AvgIpc) is 2.14. The molecule has 1 fully saturated rings. The van der Waals surface area contributed by atoms with Crippen LogP contribution in [0, 0.1) is 0 Å². The second-order valence-electron chi connectivity index (χ2n) is 3.39. The lowest BCUT2D eigenvalue weighted by molar-refractivity contribution is 0.0474. The van der Waals surface area contributed by atoms with Crippen LogP contribution in [0.3, 0.4) is 0 Å². The maximum atomic E-state index is 5.54. The Labute approximate surface area is 71.7 Å². The number of ether oxygens (including phenoxy) is 1. The van der Waals surface area contributed by atoms with E-state index in [1.165, 1.54) is 5.57 Å². The van der Waals surface area contributed by atoms with Gasteiger partial charge in [-0.1, -0.05) is 6.08 Å². The van der Waals surface area contributed by atoms with Gasteiger partial charge in [0.2, 0.25) is 0 Å². The fourth-order valence-corrected chi connectivity index (χ4v) is 2.12. The largest absolute Gasteiger partial charge is 0.475 e. The minimum atomic E-state index is 0.588. The number of fused-ring (bicyclic) bond motifs is 3. The van der Waals surface area contributed by atoms with E-state index >= 15 is 0 Å². The molecule has 0 aromatic rings. The summed E-state index contributed by atoms with van der Waals surface area (Å²) in [4.78, 5) is 2.36. The summed E-state index contributed by atoms with van der Waals surface area (Å²) >= 11 is 0. The molecular formula is C9H12N2O. The van der Waals surface area contributed by atoms with Crippen LogP contribution in [0.15, 0.2) is 23.6 Å². The Morgan fingerprint density at radius 2 is 2.58 bits per heavy atom. The van der Waals surface area contributed by atoms with Crippen molar-refractivity contribution < 1.29 is 4.74 Å². The van der Waals surface area contributed by atoms with Crippen molar-refractivity contribution in [2.75, 3.05) is 26.2 Å². The van der Waals surface area contributed by atoms with Gasteiger partial charge in [0.15, 0.2) is 5.88 Å². The fraction of sp³-hybridized carbons (Fsp3) is 0.556. The van der Waals surface area contributed by atoms with Crippen molar-refractivity contribution >= 4 is 0 Å². The van der Waals surface area contributed by atoms with Gasteiger partial charge in [-0.15, -0.1) is 0 Å². The Morgan fingerprint density at radius 1 is 1.58 bits per heavy atom. The highest BCUT2D eigenvalue weighted by Crippen LogP contribution is 2.35. The molecule has 3 heteroatoms. The van der Waals surface area contributed by atoms with Crippen LogP contribution in [0.25, 0.3) is 0 Å². The van der Waals surface area contributed by atoms with E-state index in [0.29, 0.717) is 6.04 Å². The van der Waals surface area contributed by atoms with E-state index in [9.17, 15) is 0 Å². The minimum absolute atomic E-state index is 0.588. The highest BCUT2D eigenvalue weighted by Gasteiger charge is 2.39. The van der Waals surface area contributed by atoms with Crippen molar-refractivity contribution in [3.8, 4) is 0 Å². The van der Waals surface area contributed by atoms with Crippen LogP contribution in [-0.2, 0) is 4.74 Å². The highest BCUT2D eigenvalue weighted by molar-refractivity contribution is 5.39. The zero-order chi connectivity index (χ0) is 7.97. The molecule has 12 heavy (non-hydrogen) atoms. The molecular weight excluding hydrogens is 152 g/mol. The van der Waals surface area contributed by atoms with Gasteiger partial charge >= 0.3 is 0 Å². The summed E-state index contributed by atoms with van der Waals surface area (Å²) in [6, 6.07) is 0.588. The van der Waals surface area contributed by atoms with E-state index < -0.39 is 0 Å². The molecule has 0 saturated carbocycles. The van der Waals surface area contributed by atoms with Crippen LogP contribution >= 0.6 is 0 Å². The molecule has 3 nitrogen and oxygen atoms in total. The number of nitrogens with one attached hydrogen (secondary N) is 1. The SMILES string of the molecule is C1=CC2=C(OC1)N1CCNCC21. The fourth-order valence-electron chi connectivity index (χ4n) is 2.12. The van der Waals surface area contributed by atoms with E-state index in [1.54, 1.807) is 0 Å². The first-order valence-corrected chi connectivity index (χ1v) is 4.48. The van der Waals surface area contributed by atoms with Crippen LogP contribution in [0.5, 0.6) is 0 Å². The van der Waals surface area contributed by atoms with Crippen molar-refractivity contribution in [1.82, 2.24) is 10.2 Å². The molecule has 0 aromatic carbocycles. The molecule has 3 rings (SSSR count). The quantitative estimate of drug-likeness (QED) is 0.548. The molecule has 1 N–H and O–H groups in total. The van der Waals surface area contributed by atoms with Gasteiger partial charge in [-0.25, -0.2) is 0 Å². The van der Waals surface area contributed by atoms with Crippen molar-refractivity contribution in [2.45, 2.75) is 6.04 Å². The number of nitrogens with zero attached hydrogens (tertiary/aromatic N) is 1. The van der Waals surface area contributed by atoms with E-state index in [0.717, 1.165) is 32.1 Å². The smallest absolute Gasteiger partial charge is 0.195 e. The zero-order valence-electron chi connectivity index (χ0n) is 6.92. The molecule has 0 amide bonds. The van der Waals surface area contributed by atoms with Crippen LogP contribution < -0.4 is 5.32 Å². The Kier molecular flexibility index (Phi) is 1.23. The normalized spacial score (nSPS) is 32.0. The lowest BCUT2D eigenvalue weighted by Crippen LogP contribution is -2.58. The lowest BCUT2D eigenvalue weighted by atomic mass is 9.94. The van der Waals surface area contributed by atoms with E-state index in [2.05, 4.69) is 22.4 Å². The zero-order valence-corrected chi connectivity index (χ0v) is 6.92. The first-order chi connectivity index (χ1) is 5.97. The summed E-state index contributed by atoms with van der Waals surface area (Å²) < 4.78 is 5.54. The summed E-state index contributed by atoms with van der Waals surface area (Å²) in [5, 5.41) is 3.38. The number of piperazine rings is 1. The van der Waals surface area contributed by atoms with Crippen LogP contribution in [0.1, 0.15) is 0 Å². The van der Waals surface area contributed by atoms with E-state index in [-0.39, 0.29) is 0 Å². The Balaban J connectivity index is 1.92. The number of rotatable bonds is 0. The van der Waals surface area contributed by atoms with Gasteiger partial charge in [-0.3, -0.25) is 0 Å². The topological polar surface area (TPSA) is 24.5 Å². The van der Waals surface area contributed by atoms with Crippen molar-refractivity contribution in [2.24, 2.45) is 0 Å². The Morgan fingerprint density at radius 3 is 3.58 bits per heavy atom. The van der Waals surface area contributed by atoms with Gasteiger partial charge in [0.25, 0.3) is 0 Å². The van der Waals surface area contributed by atoms with Gasteiger partial charge in [-0.05, 0) is 6.08 Å².